The van der Waals surface area contributed by atoms with Gasteiger partial charge in [-0.15, -0.1) is 0 Å². The second kappa shape index (κ2) is 4.51. The Kier molecular flexibility index (Phi) is 3.16. The zero-order valence-electron chi connectivity index (χ0n) is 10.9. The van der Waals surface area contributed by atoms with Crippen LogP contribution in [0.4, 0.5) is 0 Å². The molecule has 0 spiro atoms. The highest BCUT2D eigenvalue weighted by Gasteiger charge is 2.41. The van der Waals surface area contributed by atoms with E-state index in [1.165, 1.54) is 12.2 Å². The predicted molar refractivity (Wildman–Crippen MR) is 72.0 cm³/mol. The minimum Gasteiger partial charge on any atom is -0.461 e. The van der Waals surface area contributed by atoms with E-state index < -0.39 is 16.0 Å². The molecule has 0 aliphatic heterocycles. The molecule has 5 nitrogen and oxygen atoms in total. The maximum absolute atomic E-state index is 11.0. The first-order valence-corrected chi connectivity index (χ1v) is 5.93. The number of nitro groups is 1. The Balaban J connectivity index is 2.35. The summed E-state index contributed by atoms with van der Waals surface area (Å²) in [6, 6.07) is 9.13. The summed E-state index contributed by atoms with van der Waals surface area (Å²) in [4.78, 5) is 10.5. The number of benzene rings is 1. The Labute approximate surface area is 111 Å². The molecule has 0 aromatic heterocycles. The van der Waals surface area contributed by atoms with E-state index >= 15 is 0 Å². The molecule has 1 unspecified atom stereocenters. The first-order valence-electron chi connectivity index (χ1n) is 5.93. The molecule has 0 amide bonds. The number of hydrogen-bond acceptors (Lipinski definition) is 4. The Bertz CT molecular complexity index is 549. The van der Waals surface area contributed by atoms with Crippen LogP contribution in [0.3, 0.4) is 0 Å². The summed E-state index contributed by atoms with van der Waals surface area (Å²) in [6.45, 7) is 3.83. The molecule has 0 saturated carbocycles. The largest absolute Gasteiger partial charge is 0.461 e. The van der Waals surface area contributed by atoms with Gasteiger partial charge in [-0.3, -0.25) is 15.8 Å². The molecule has 1 aromatic rings. The summed E-state index contributed by atoms with van der Waals surface area (Å²) in [5.74, 6) is 1.10. The molecule has 0 fully saturated rings. The number of hydrogen-bond donors (Lipinski definition) is 1. The topological polar surface area (TPSA) is 78.4 Å². The first-order chi connectivity index (χ1) is 8.83. The molecule has 100 valence electrons. The average Bonchev–Trinajstić information content (AvgIpc) is 2.36. The van der Waals surface area contributed by atoms with E-state index in [-0.39, 0.29) is 0 Å². The van der Waals surface area contributed by atoms with Gasteiger partial charge in [0.1, 0.15) is 11.5 Å². The van der Waals surface area contributed by atoms with E-state index in [4.69, 9.17) is 10.5 Å². The van der Waals surface area contributed by atoms with E-state index in [0.29, 0.717) is 11.5 Å². The fraction of sp³-hybridized carbons (Fsp3) is 0.286. The molecule has 0 heterocycles. The van der Waals surface area contributed by atoms with E-state index in [2.05, 4.69) is 0 Å². The van der Waals surface area contributed by atoms with Crippen LogP contribution in [-0.2, 0) is 0 Å². The lowest BCUT2D eigenvalue weighted by molar-refractivity contribution is -0.540. The maximum Gasteiger partial charge on any atom is 0.314 e. The van der Waals surface area contributed by atoms with Crippen molar-refractivity contribution in [1.29, 1.82) is 0 Å². The normalized spacial score (nSPS) is 24.7. The van der Waals surface area contributed by atoms with Gasteiger partial charge in [0.05, 0.1) is 11.0 Å². The molecule has 19 heavy (non-hydrogen) atoms. The molecule has 1 atom stereocenters. The third-order valence-electron chi connectivity index (χ3n) is 3.05. The Hall–Kier alpha value is -2.14. The standard InChI is InChI=1S/C14H16N2O3/c1-13(2)8-9-14(15,16(17)18)10-12(13)19-11-6-4-3-5-7-11/h3-10H,15H2,1-2H3. The van der Waals surface area contributed by atoms with Crippen LogP contribution in [0.15, 0.2) is 54.3 Å². The van der Waals surface area contributed by atoms with Gasteiger partial charge in [0.25, 0.3) is 0 Å². The number of nitrogens with zero attached hydrogens (tertiary/aromatic N) is 1. The van der Waals surface area contributed by atoms with Gasteiger partial charge in [-0.05, 0) is 26.0 Å². The van der Waals surface area contributed by atoms with Gasteiger partial charge >= 0.3 is 5.66 Å². The zero-order chi connectivity index (χ0) is 14.1. The van der Waals surface area contributed by atoms with Gasteiger partial charge in [0.15, 0.2) is 0 Å². The Morgan fingerprint density at radius 3 is 2.42 bits per heavy atom. The lowest BCUT2D eigenvalue weighted by Crippen LogP contribution is -2.47. The van der Waals surface area contributed by atoms with Crippen LogP contribution in [0.1, 0.15) is 13.8 Å². The highest BCUT2D eigenvalue weighted by molar-refractivity contribution is 5.32. The van der Waals surface area contributed by atoms with Crippen molar-refractivity contribution in [2.45, 2.75) is 19.5 Å². The van der Waals surface area contributed by atoms with Crippen molar-refractivity contribution in [3.63, 3.8) is 0 Å². The highest BCUT2D eigenvalue weighted by atomic mass is 16.6. The molecule has 1 aliphatic carbocycles. The molecule has 0 radical (unpaired) electrons. The summed E-state index contributed by atoms with van der Waals surface area (Å²) >= 11 is 0. The minimum absolute atomic E-state index is 0.436. The monoisotopic (exact) mass is 260 g/mol. The van der Waals surface area contributed by atoms with Crippen LogP contribution in [0.25, 0.3) is 0 Å². The summed E-state index contributed by atoms with van der Waals surface area (Å²) in [7, 11) is 0. The third kappa shape index (κ3) is 2.66. The SMILES string of the molecule is CC1(C)C=CC(N)([N+](=O)[O-])C=C1Oc1ccccc1. The predicted octanol–water partition coefficient (Wildman–Crippen LogP) is 2.48. The van der Waals surface area contributed by atoms with Gasteiger partial charge in [-0.2, -0.15) is 0 Å². The average molecular weight is 260 g/mol. The fourth-order valence-electron chi connectivity index (χ4n) is 1.76. The van der Waals surface area contributed by atoms with E-state index in [9.17, 15) is 10.1 Å². The molecular weight excluding hydrogens is 244 g/mol. The Morgan fingerprint density at radius 2 is 1.84 bits per heavy atom. The molecule has 1 aliphatic rings. The van der Waals surface area contributed by atoms with Crippen LogP contribution in [0.5, 0.6) is 5.75 Å². The van der Waals surface area contributed by atoms with Crippen molar-refractivity contribution in [3.8, 4) is 5.75 Å². The van der Waals surface area contributed by atoms with Gasteiger partial charge in [-0.1, -0.05) is 24.3 Å². The summed E-state index contributed by atoms with van der Waals surface area (Å²) < 4.78 is 5.74. The summed E-state index contributed by atoms with van der Waals surface area (Å²) in [5, 5.41) is 11.0. The number of para-hydroxylation sites is 1. The van der Waals surface area contributed by atoms with Crippen molar-refractivity contribution in [1.82, 2.24) is 0 Å². The van der Waals surface area contributed by atoms with Crippen molar-refractivity contribution in [2.24, 2.45) is 11.1 Å². The zero-order valence-corrected chi connectivity index (χ0v) is 10.9. The minimum atomic E-state index is -1.71. The fourth-order valence-corrected chi connectivity index (χ4v) is 1.76. The quantitative estimate of drug-likeness (QED) is 0.392. The molecule has 0 bridgehead atoms. The van der Waals surface area contributed by atoms with Crippen LogP contribution < -0.4 is 10.5 Å². The van der Waals surface area contributed by atoms with Crippen LogP contribution >= 0.6 is 0 Å². The van der Waals surface area contributed by atoms with E-state index in [1.54, 1.807) is 18.2 Å². The number of allylic oxidation sites excluding steroid dienone is 1. The third-order valence-corrected chi connectivity index (χ3v) is 3.05. The van der Waals surface area contributed by atoms with Crippen molar-refractivity contribution in [3.05, 3.63) is 64.4 Å². The maximum atomic E-state index is 11.0. The lowest BCUT2D eigenvalue weighted by Gasteiger charge is -2.30. The summed E-state index contributed by atoms with van der Waals surface area (Å²) in [5.41, 5.74) is 3.58. The van der Waals surface area contributed by atoms with E-state index in [1.807, 2.05) is 32.0 Å². The van der Waals surface area contributed by atoms with Crippen molar-refractivity contribution < 1.29 is 9.66 Å². The van der Waals surface area contributed by atoms with Crippen LogP contribution in [0.2, 0.25) is 0 Å². The van der Waals surface area contributed by atoms with Crippen molar-refractivity contribution in [2.75, 3.05) is 0 Å². The molecule has 5 heteroatoms. The lowest BCUT2D eigenvalue weighted by atomic mass is 9.83. The molecule has 1 aromatic carbocycles. The van der Waals surface area contributed by atoms with Crippen LogP contribution in [0, 0.1) is 15.5 Å². The smallest absolute Gasteiger partial charge is 0.314 e. The second-order valence-electron chi connectivity index (χ2n) is 5.12. The van der Waals surface area contributed by atoms with Crippen molar-refractivity contribution >= 4 is 0 Å². The van der Waals surface area contributed by atoms with Gasteiger partial charge in [-0.25, -0.2) is 0 Å². The summed E-state index contributed by atoms with van der Waals surface area (Å²) in [6.07, 6.45) is 4.46. The molecule has 2 N–H and O–H groups in total. The number of nitrogens with two attached hydrogens (primary N) is 1. The van der Waals surface area contributed by atoms with Gasteiger partial charge < -0.3 is 4.74 Å². The molecule has 0 saturated heterocycles. The van der Waals surface area contributed by atoms with Gasteiger partial charge in [0.2, 0.25) is 0 Å². The number of rotatable bonds is 3. The highest BCUT2D eigenvalue weighted by Crippen LogP contribution is 2.35. The molecule has 2 rings (SSSR count). The van der Waals surface area contributed by atoms with Gasteiger partial charge in [0, 0.05) is 11.5 Å². The Morgan fingerprint density at radius 1 is 1.21 bits per heavy atom. The van der Waals surface area contributed by atoms with E-state index in [0.717, 1.165) is 0 Å². The second-order valence-corrected chi connectivity index (χ2v) is 5.12. The number of ether oxygens (including phenoxy) is 1. The van der Waals surface area contributed by atoms with Crippen LogP contribution in [-0.4, -0.2) is 10.6 Å². The first kappa shape index (κ1) is 13.3. The molecular formula is C14H16N2O3.